The van der Waals surface area contributed by atoms with Crippen LogP contribution in [-0.4, -0.2) is 46.9 Å². The Morgan fingerprint density at radius 2 is 2.12 bits per heavy atom. The zero-order valence-corrected chi connectivity index (χ0v) is 10.2. The summed E-state index contributed by atoms with van der Waals surface area (Å²) in [5.41, 5.74) is 6.38. The van der Waals surface area contributed by atoms with Crippen molar-refractivity contribution in [1.82, 2.24) is 14.7 Å². The summed E-state index contributed by atoms with van der Waals surface area (Å²) >= 11 is 0. The highest BCUT2D eigenvalue weighted by Gasteiger charge is 2.23. The van der Waals surface area contributed by atoms with Gasteiger partial charge in [0.2, 0.25) is 0 Å². The first-order valence-corrected chi connectivity index (χ1v) is 5.75. The number of carbonyl (C=O) groups is 1. The summed E-state index contributed by atoms with van der Waals surface area (Å²) in [5.74, 6) is -0.378. The Morgan fingerprint density at radius 1 is 1.47 bits per heavy atom. The number of hydrogen-bond acceptors (Lipinski definition) is 5. The van der Waals surface area contributed by atoms with Crippen LogP contribution in [0.15, 0.2) is 6.20 Å². The van der Waals surface area contributed by atoms with E-state index in [0.717, 1.165) is 25.9 Å². The lowest BCUT2D eigenvalue weighted by Crippen LogP contribution is -2.35. The number of anilines is 1. The van der Waals surface area contributed by atoms with Crippen molar-refractivity contribution in [2.75, 3.05) is 25.9 Å². The molecule has 2 heterocycles. The van der Waals surface area contributed by atoms with Gasteiger partial charge in [-0.25, -0.2) is 4.79 Å². The first-order valence-electron chi connectivity index (χ1n) is 5.75. The number of nitrogens with two attached hydrogens (primary N) is 1. The molecule has 1 aromatic heterocycles. The van der Waals surface area contributed by atoms with E-state index in [1.165, 1.54) is 10.9 Å². The highest BCUT2D eigenvalue weighted by Crippen LogP contribution is 2.17. The van der Waals surface area contributed by atoms with Crippen LogP contribution >= 0.6 is 0 Å². The summed E-state index contributed by atoms with van der Waals surface area (Å²) in [4.78, 5) is 14.1. The molecule has 0 aromatic carbocycles. The van der Waals surface area contributed by atoms with E-state index in [9.17, 15) is 4.79 Å². The van der Waals surface area contributed by atoms with E-state index in [4.69, 9.17) is 10.5 Å². The number of rotatable bonds is 2. The molecule has 0 bridgehead atoms. The lowest BCUT2D eigenvalue weighted by molar-refractivity contribution is 0.0129. The van der Waals surface area contributed by atoms with E-state index >= 15 is 0 Å². The average Bonchev–Trinajstić information content (AvgIpc) is 2.62. The van der Waals surface area contributed by atoms with Crippen LogP contribution in [0.4, 0.5) is 5.69 Å². The van der Waals surface area contributed by atoms with Gasteiger partial charge in [-0.2, -0.15) is 5.10 Å². The molecule has 2 N–H and O–H groups in total. The number of aryl methyl sites for hydroxylation is 1. The zero-order chi connectivity index (χ0) is 12.4. The molecule has 94 valence electrons. The molecule has 0 atom stereocenters. The summed E-state index contributed by atoms with van der Waals surface area (Å²) in [6.45, 7) is 1.91. The minimum atomic E-state index is -0.378. The molecule has 1 aliphatic heterocycles. The second kappa shape index (κ2) is 4.75. The molecule has 1 aliphatic rings. The molecule has 2 rings (SSSR count). The van der Waals surface area contributed by atoms with Crippen LogP contribution in [0.3, 0.4) is 0 Å². The summed E-state index contributed by atoms with van der Waals surface area (Å²) in [6, 6.07) is 0. The maximum Gasteiger partial charge on any atom is 0.359 e. The Balaban J connectivity index is 1.98. The molecule has 1 aromatic rings. The highest BCUT2D eigenvalue weighted by atomic mass is 16.5. The van der Waals surface area contributed by atoms with Gasteiger partial charge in [0, 0.05) is 20.1 Å². The minimum absolute atomic E-state index is 0.00648. The van der Waals surface area contributed by atoms with Gasteiger partial charge in [0.05, 0.1) is 11.9 Å². The van der Waals surface area contributed by atoms with Crippen LogP contribution in [-0.2, 0) is 11.8 Å². The largest absolute Gasteiger partial charge is 0.458 e. The fourth-order valence-electron chi connectivity index (χ4n) is 2.01. The quantitative estimate of drug-likeness (QED) is 0.748. The van der Waals surface area contributed by atoms with Crippen LogP contribution in [0.2, 0.25) is 0 Å². The third-order valence-electron chi connectivity index (χ3n) is 3.10. The van der Waals surface area contributed by atoms with Crippen LogP contribution < -0.4 is 5.73 Å². The summed E-state index contributed by atoms with van der Waals surface area (Å²) in [7, 11) is 3.75. The van der Waals surface area contributed by atoms with Gasteiger partial charge in [-0.15, -0.1) is 0 Å². The number of esters is 1. The van der Waals surface area contributed by atoms with Gasteiger partial charge in [-0.3, -0.25) is 4.68 Å². The van der Waals surface area contributed by atoms with E-state index in [2.05, 4.69) is 17.0 Å². The first kappa shape index (κ1) is 11.9. The number of nitrogen functional groups attached to an aromatic ring is 1. The maximum atomic E-state index is 11.9. The Hall–Kier alpha value is -1.56. The topological polar surface area (TPSA) is 73.4 Å². The van der Waals surface area contributed by atoms with Crippen molar-refractivity contribution < 1.29 is 9.53 Å². The molecule has 6 heteroatoms. The monoisotopic (exact) mass is 238 g/mol. The molecule has 0 aliphatic carbocycles. The zero-order valence-electron chi connectivity index (χ0n) is 10.2. The number of nitrogens with zero attached hydrogens (tertiary/aromatic N) is 3. The van der Waals surface area contributed by atoms with Crippen LogP contribution in [0.5, 0.6) is 0 Å². The molecule has 1 saturated heterocycles. The first-order chi connectivity index (χ1) is 8.08. The standard InChI is InChI=1S/C11H18N4O2/c1-14-5-3-8(4-6-14)17-11(16)10-9(12)7-13-15(10)2/h7-8H,3-6,12H2,1-2H3. The Labute approximate surface area is 100 Å². The van der Waals surface area contributed by atoms with E-state index in [1.54, 1.807) is 7.05 Å². The van der Waals surface area contributed by atoms with Gasteiger partial charge < -0.3 is 15.4 Å². The van der Waals surface area contributed by atoms with Gasteiger partial charge in [0.15, 0.2) is 5.69 Å². The van der Waals surface area contributed by atoms with E-state index in [1.807, 2.05) is 0 Å². The third-order valence-corrected chi connectivity index (χ3v) is 3.10. The number of carbonyl (C=O) groups excluding carboxylic acids is 1. The van der Waals surface area contributed by atoms with Gasteiger partial charge in [-0.1, -0.05) is 0 Å². The molecule has 6 nitrogen and oxygen atoms in total. The van der Waals surface area contributed by atoms with Crippen molar-refractivity contribution in [1.29, 1.82) is 0 Å². The molecule has 0 amide bonds. The predicted octanol–water partition coefficient (Wildman–Crippen LogP) is 0.253. The summed E-state index contributed by atoms with van der Waals surface area (Å²) in [5, 5.41) is 3.92. The lowest BCUT2D eigenvalue weighted by atomic mass is 10.1. The third kappa shape index (κ3) is 2.58. The lowest BCUT2D eigenvalue weighted by Gasteiger charge is -2.28. The van der Waals surface area contributed by atoms with Crippen LogP contribution in [0.25, 0.3) is 0 Å². The Bertz CT molecular complexity index is 388. The van der Waals surface area contributed by atoms with E-state index in [0.29, 0.717) is 11.4 Å². The Kier molecular flexibility index (Phi) is 3.33. The normalized spacial score (nSPS) is 18.2. The van der Waals surface area contributed by atoms with Crippen molar-refractivity contribution in [3.05, 3.63) is 11.9 Å². The number of aromatic nitrogens is 2. The number of ether oxygens (including phenoxy) is 1. The second-order valence-corrected chi connectivity index (χ2v) is 4.48. The average molecular weight is 238 g/mol. The summed E-state index contributed by atoms with van der Waals surface area (Å²) in [6.07, 6.45) is 3.21. The van der Waals surface area contributed by atoms with Gasteiger partial charge in [-0.05, 0) is 19.9 Å². The van der Waals surface area contributed by atoms with Gasteiger partial charge in [0.25, 0.3) is 0 Å². The number of likely N-dealkylation sites (tertiary alicyclic amines) is 1. The van der Waals surface area contributed by atoms with Crippen molar-refractivity contribution >= 4 is 11.7 Å². The molecular weight excluding hydrogens is 220 g/mol. The van der Waals surface area contributed by atoms with Crippen LogP contribution in [0.1, 0.15) is 23.3 Å². The van der Waals surface area contributed by atoms with Gasteiger partial charge >= 0.3 is 5.97 Å². The minimum Gasteiger partial charge on any atom is -0.458 e. The predicted molar refractivity (Wildman–Crippen MR) is 63.6 cm³/mol. The Morgan fingerprint density at radius 3 is 2.65 bits per heavy atom. The van der Waals surface area contributed by atoms with Gasteiger partial charge in [0.1, 0.15) is 6.10 Å². The fourth-order valence-corrected chi connectivity index (χ4v) is 2.01. The smallest absolute Gasteiger partial charge is 0.359 e. The fraction of sp³-hybridized carbons (Fsp3) is 0.636. The molecule has 0 spiro atoms. The highest BCUT2D eigenvalue weighted by molar-refractivity contribution is 5.93. The summed E-state index contributed by atoms with van der Waals surface area (Å²) < 4.78 is 6.89. The molecule has 0 saturated carbocycles. The SMILES string of the molecule is CN1CCC(OC(=O)c2c(N)cnn2C)CC1. The molecule has 0 radical (unpaired) electrons. The molecular formula is C11H18N4O2. The molecule has 1 fully saturated rings. The van der Waals surface area contributed by atoms with E-state index in [-0.39, 0.29) is 12.1 Å². The number of hydrogen-bond donors (Lipinski definition) is 1. The molecule has 17 heavy (non-hydrogen) atoms. The maximum absolute atomic E-state index is 11.9. The number of piperidine rings is 1. The van der Waals surface area contributed by atoms with Crippen molar-refractivity contribution in [3.63, 3.8) is 0 Å². The molecule has 0 unspecified atom stereocenters. The van der Waals surface area contributed by atoms with Crippen LogP contribution in [0, 0.1) is 0 Å². The van der Waals surface area contributed by atoms with E-state index < -0.39 is 0 Å². The van der Waals surface area contributed by atoms with Crippen molar-refractivity contribution in [2.24, 2.45) is 7.05 Å². The van der Waals surface area contributed by atoms with Crippen molar-refractivity contribution in [3.8, 4) is 0 Å². The second-order valence-electron chi connectivity index (χ2n) is 4.48. The van der Waals surface area contributed by atoms with Crippen molar-refractivity contribution in [2.45, 2.75) is 18.9 Å².